The van der Waals surface area contributed by atoms with Crippen LogP contribution in [0.2, 0.25) is 0 Å². The predicted molar refractivity (Wildman–Crippen MR) is 79.6 cm³/mol. The molecule has 1 aromatic rings. The van der Waals surface area contributed by atoms with Crippen LogP contribution in [0, 0.1) is 23.4 Å². The summed E-state index contributed by atoms with van der Waals surface area (Å²) in [5.41, 5.74) is 0.584. The van der Waals surface area contributed by atoms with Crippen LogP contribution < -0.4 is 0 Å². The van der Waals surface area contributed by atoms with E-state index in [0.717, 1.165) is 50.7 Å². The van der Waals surface area contributed by atoms with Crippen molar-refractivity contribution in [3.05, 3.63) is 60.0 Å². The smallest absolute Gasteiger partial charge is 0.194 e. The van der Waals surface area contributed by atoms with Gasteiger partial charge < -0.3 is 0 Å². The van der Waals surface area contributed by atoms with E-state index in [4.69, 9.17) is 0 Å². The van der Waals surface area contributed by atoms with E-state index >= 15 is 0 Å². The molecule has 3 heteroatoms. The molecule has 2 rings (SSSR count). The fraction of sp³-hybridized carbons (Fsp3) is 0.444. The molecular formula is C18H21F3. The third-order valence-corrected chi connectivity index (χ3v) is 4.20. The van der Waals surface area contributed by atoms with Gasteiger partial charge in [0.25, 0.3) is 0 Å². The lowest BCUT2D eigenvalue weighted by Crippen LogP contribution is -2.12. The maximum absolute atomic E-state index is 13.3. The first kappa shape index (κ1) is 15.9. The van der Waals surface area contributed by atoms with Gasteiger partial charge in [-0.25, -0.2) is 13.2 Å². The molecule has 1 aliphatic carbocycles. The highest BCUT2D eigenvalue weighted by molar-refractivity contribution is 5.23. The molecule has 0 spiro atoms. The molecule has 0 amide bonds. The number of halogens is 3. The molecule has 0 atom stereocenters. The van der Waals surface area contributed by atoms with Gasteiger partial charge in [0.2, 0.25) is 0 Å². The summed E-state index contributed by atoms with van der Waals surface area (Å²) >= 11 is 0. The summed E-state index contributed by atoms with van der Waals surface area (Å²) in [7, 11) is 0. The third-order valence-electron chi connectivity index (χ3n) is 4.20. The summed E-state index contributed by atoms with van der Waals surface area (Å²) in [5.74, 6) is -2.88. The molecule has 0 radical (unpaired) electrons. The molecule has 21 heavy (non-hydrogen) atoms. The van der Waals surface area contributed by atoms with Gasteiger partial charge >= 0.3 is 0 Å². The second-order valence-corrected chi connectivity index (χ2v) is 5.70. The Morgan fingerprint density at radius 2 is 1.62 bits per heavy atom. The predicted octanol–water partition coefficient (Wildman–Crippen LogP) is 5.90. The topological polar surface area (TPSA) is 0 Å². The number of unbranched alkanes of at least 4 members (excludes halogenated alkanes) is 1. The fourth-order valence-electron chi connectivity index (χ4n) is 2.96. The van der Waals surface area contributed by atoms with E-state index in [2.05, 4.69) is 18.7 Å². The highest BCUT2D eigenvalue weighted by Crippen LogP contribution is 2.37. The molecule has 1 saturated carbocycles. The summed E-state index contributed by atoms with van der Waals surface area (Å²) in [6.07, 6.45) is 12.1. The van der Waals surface area contributed by atoms with E-state index < -0.39 is 17.5 Å². The highest BCUT2D eigenvalue weighted by atomic mass is 19.2. The first-order valence-corrected chi connectivity index (χ1v) is 7.53. The monoisotopic (exact) mass is 294 g/mol. The van der Waals surface area contributed by atoms with Crippen molar-refractivity contribution in [3.63, 3.8) is 0 Å². The molecule has 0 nitrogen and oxygen atoms in total. The lowest BCUT2D eigenvalue weighted by Gasteiger charge is -2.27. The molecule has 1 aliphatic rings. The van der Waals surface area contributed by atoms with Crippen molar-refractivity contribution < 1.29 is 13.2 Å². The molecule has 114 valence electrons. The van der Waals surface area contributed by atoms with Gasteiger partial charge in [0.15, 0.2) is 17.5 Å². The molecule has 0 aromatic heterocycles. The van der Waals surface area contributed by atoms with Crippen LogP contribution >= 0.6 is 0 Å². The number of rotatable bonds is 5. The minimum Gasteiger partial charge on any atom is -0.204 e. The van der Waals surface area contributed by atoms with Crippen molar-refractivity contribution in [2.75, 3.05) is 0 Å². The van der Waals surface area contributed by atoms with Gasteiger partial charge in [0.1, 0.15) is 0 Å². The van der Waals surface area contributed by atoms with Crippen LogP contribution in [0.25, 0.3) is 0 Å². The highest BCUT2D eigenvalue weighted by Gasteiger charge is 2.23. The fourth-order valence-corrected chi connectivity index (χ4v) is 2.96. The Hall–Kier alpha value is -1.51. The average Bonchev–Trinajstić information content (AvgIpc) is 2.49. The van der Waals surface area contributed by atoms with Crippen LogP contribution in [0.5, 0.6) is 0 Å². The van der Waals surface area contributed by atoms with Crippen LogP contribution in [0.15, 0.2) is 36.9 Å². The van der Waals surface area contributed by atoms with Gasteiger partial charge in [-0.05, 0) is 68.1 Å². The lowest BCUT2D eigenvalue weighted by atomic mass is 9.78. The maximum Gasteiger partial charge on any atom is 0.194 e. The first-order valence-electron chi connectivity index (χ1n) is 7.53. The Morgan fingerprint density at radius 1 is 1.00 bits per heavy atom. The van der Waals surface area contributed by atoms with E-state index in [1.165, 1.54) is 0 Å². The Kier molecular flexibility index (Phi) is 5.66. The quantitative estimate of drug-likeness (QED) is 0.360. The van der Waals surface area contributed by atoms with E-state index in [1.807, 2.05) is 6.08 Å². The molecule has 0 bridgehead atoms. The van der Waals surface area contributed by atoms with Gasteiger partial charge in [-0.2, -0.15) is 0 Å². The molecular weight excluding hydrogens is 273 g/mol. The Balaban J connectivity index is 1.92. The van der Waals surface area contributed by atoms with Crippen molar-refractivity contribution in [1.29, 1.82) is 0 Å². The zero-order valence-electron chi connectivity index (χ0n) is 12.1. The zero-order valence-corrected chi connectivity index (χ0v) is 12.1. The van der Waals surface area contributed by atoms with E-state index in [1.54, 1.807) is 0 Å². The van der Waals surface area contributed by atoms with Gasteiger partial charge in [-0.1, -0.05) is 18.2 Å². The molecule has 0 aliphatic heterocycles. The summed E-state index contributed by atoms with van der Waals surface area (Å²) in [6.45, 7) is 3.69. The number of allylic oxidation sites excluding steroid dienone is 3. The van der Waals surface area contributed by atoms with E-state index in [-0.39, 0.29) is 5.92 Å². The van der Waals surface area contributed by atoms with Crippen molar-refractivity contribution in [3.8, 4) is 0 Å². The molecule has 0 heterocycles. The third kappa shape index (κ3) is 4.23. The Bertz CT molecular complexity index is 488. The standard InChI is InChI=1S/C18H21F3/c1-2-3-4-5-6-13-7-9-14(10-8-13)15-11-16(19)18(21)17(20)12-15/h2,5-6,11-14H,1,3-4,7-10H2. The molecule has 0 N–H and O–H groups in total. The molecule has 0 saturated heterocycles. The van der Waals surface area contributed by atoms with Crippen molar-refractivity contribution in [2.24, 2.45) is 5.92 Å². The summed E-state index contributed by atoms with van der Waals surface area (Å²) in [6, 6.07) is 2.28. The summed E-state index contributed by atoms with van der Waals surface area (Å²) < 4.78 is 39.5. The van der Waals surface area contributed by atoms with Crippen molar-refractivity contribution in [1.82, 2.24) is 0 Å². The largest absolute Gasteiger partial charge is 0.204 e. The second-order valence-electron chi connectivity index (χ2n) is 5.70. The van der Waals surface area contributed by atoms with Crippen molar-refractivity contribution in [2.45, 2.75) is 44.4 Å². The van der Waals surface area contributed by atoms with E-state index in [9.17, 15) is 13.2 Å². The molecule has 1 aromatic carbocycles. The minimum atomic E-state index is -1.38. The normalized spacial score (nSPS) is 22.6. The summed E-state index contributed by atoms with van der Waals surface area (Å²) in [4.78, 5) is 0. The Morgan fingerprint density at radius 3 is 2.19 bits per heavy atom. The van der Waals surface area contributed by atoms with Crippen LogP contribution in [0.4, 0.5) is 13.2 Å². The van der Waals surface area contributed by atoms with E-state index in [0.29, 0.717) is 11.5 Å². The Labute approximate surface area is 124 Å². The second kappa shape index (κ2) is 7.48. The summed E-state index contributed by atoms with van der Waals surface area (Å²) in [5, 5.41) is 0. The van der Waals surface area contributed by atoms with Crippen LogP contribution in [-0.2, 0) is 0 Å². The van der Waals surface area contributed by atoms with Gasteiger partial charge in [-0.15, -0.1) is 6.58 Å². The SMILES string of the molecule is C=CCCC=CC1CCC(c2cc(F)c(F)c(F)c2)CC1. The number of hydrogen-bond acceptors (Lipinski definition) is 0. The van der Waals surface area contributed by atoms with Crippen LogP contribution in [0.1, 0.15) is 50.0 Å². The van der Waals surface area contributed by atoms with Gasteiger partial charge in [0, 0.05) is 0 Å². The average molecular weight is 294 g/mol. The molecule has 0 unspecified atom stereocenters. The minimum absolute atomic E-state index is 0.132. The van der Waals surface area contributed by atoms with Crippen LogP contribution in [0.3, 0.4) is 0 Å². The number of benzene rings is 1. The molecule has 1 fully saturated rings. The first-order chi connectivity index (χ1) is 10.1. The van der Waals surface area contributed by atoms with Crippen LogP contribution in [-0.4, -0.2) is 0 Å². The lowest BCUT2D eigenvalue weighted by molar-refractivity contribution is 0.370. The zero-order chi connectivity index (χ0) is 15.2. The van der Waals surface area contributed by atoms with Gasteiger partial charge in [-0.3, -0.25) is 0 Å². The van der Waals surface area contributed by atoms with Gasteiger partial charge in [0.05, 0.1) is 0 Å². The number of hydrogen-bond donors (Lipinski definition) is 0. The maximum atomic E-state index is 13.3. The van der Waals surface area contributed by atoms with Crippen molar-refractivity contribution >= 4 is 0 Å².